The van der Waals surface area contributed by atoms with E-state index in [2.05, 4.69) is 4.98 Å². The van der Waals surface area contributed by atoms with Crippen molar-refractivity contribution >= 4 is 17.4 Å². The van der Waals surface area contributed by atoms with Gasteiger partial charge in [-0.25, -0.2) is 0 Å². The van der Waals surface area contributed by atoms with E-state index < -0.39 is 17.7 Å². The van der Waals surface area contributed by atoms with Gasteiger partial charge in [0.15, 0.2) is 0 Å². The van der Waals surface area contributed by atoms with Crippen molar-refractivity contribution in [1.29, 1.82) is 0 Å². The van der Waals surface area contributed by atoms with Crippen LogP contribution in [0.25, 0.3) is 5.76 Å². The van der Waals surface area contributed by atoms with Crippen molar-refractivity contribution in [3.8, 4) is 5.75 Å². The number of likely N-dealkylation sites (tertiary alicyclic amines) is 1. The fraction of sp³-hybridized carbons (Fsp3) is 0.250. The Morgan fingerprint density at radius 3 is 2.43 bits per heavy atom. The summed E-state index contributed by atoms with van der Waals surface area (Å²) >= 11 is 0. The number of aliphatic hydroxyl groups is 1. The van der Waals surface area contributed by atoms with Gasteiger partial charge in [0, 0.05) is 31.0 Å². The number of ketones is 1. The first kappa shape index (κ1) is 24.2. The van der Waals surface area contributed by atoms with Gasteiger partial charge >= 0.3 is 0 Å². The summed E-state index contributed by atoms with van der Waals surface area (Å²) in [5.74, 6) is -0.822. The maximum Gasteiger partial charge on any atom is 0.295 e. The lowest BCUT2D eigenvalue weighted by Crippen LogP contribution is -2.35. The molecule has 1 aliphatic heterocycles. The monoisotopic (exact) mass is 471 g/mol. The molecular formula is C28H29N3O4. The fourth-order valence-corrected chi connectivity index (χ4v) is 4.16. The van der Waals surface area contributed by atoms with E-state index in [0.29, 0.717) is 31.0 Å². The molecule has 0 saturated carbocycles. The second-order valence-corrected chi connectivity index (χ2v) is 8.83. The Balaban J connectivity index is 1.68. The number of aryl methyl sites for hydroxylation is 1. The zero-order valence-electron chi connectivity index (χ0n) is 20.1. The Labute approximate surface area is 205 Å². The molecule has 0 aliphatic carbocycles. The van der Waals surface area contributed by atoms with Crippen LogP contribution in [0.5, 0.6) is 5.75 Å². The molecule has 3 aromatic rings. The molecule has 4 rings (SSSR count). The van der Waals surface area contributed by atoms with Gasteiger partial charge in [0.1, 0.15) is 18.1 Å². The number of carbonyl (C=O) groups excluding carboxylic acids is 2. The number of pyridine rings is 1. The summed E-state index contributed by atoms with van der Waals surface area (Å²) in [6.45, 7) is 3.24. The number of ether oxygens (including phenoxy) is 1. The average molecular weight is 472 g/mol. The van der Waals surface area contributed by atoms with Crippen LogP contribution in [-0.4, -0.2) is 58.8 Å². The molecule has 35 heavy (non-hydrogen) atoms. The molecule has 180 valence electrons. The van der Waals surface area contributed by atoms with Gasteiger partial charge < -0.3 is 19.6 Å². The summed E-state index contributed by atoms with van der Waals surface area (Å²) < 4.78 is 5.94. The van der Waals surface area contributed by atoms with Gasteiger partial charge in [0.2, 0.25) is 0 Å². The fourth-order valence-electron chi connectivity index (χ4n) is 4.16. The number of carbonyl (C=O) groups is 2. The van der Waals surface area contributed by atoms with Crippen molar-refractivity contribution in [2.45, 2.75) is 19.6 Å². The first-order valence-corrected chi connectivity index (χ1v) is 11.5. The van der Waals surface area contributed by atoms with Crippen molar-refractivity contribution in [1.82, 2.24) is 14.8 Å². The van der Waals surface area contributed by atoms with E-state index >= 15 is 0 Å². The van der Waals surface area contributed by atoms with Gasteiger partial charge in [0.05, 0.1) is 11.6 Å². The van der Waals surface area contributed by atoms with E-state index in [1.165, 1.54) is 4.90 Å². The van der Waals surface area contributed by atoms with E-state index in [4.69, 9.17) is 4.74 Å². The van der Waals surface area contributed by atoms with Crippen LogP contribution in [0.4, 0.5) is 0 Å². The standard InChI is InChI=1S/C28H29N3O4/c1-19-17-22(9-10-23(19)35-18-20-7-5-4-6-8-20)26(32)24-25(21-11-13-29-14-12-21)31(16-15-30(2)3)28(34)27(24)33/h4-14,17,25,32H,15-16,18H2,1-3H3/t25-/m0/s1. The highest BCUT2D eigenvalue weighted by Gasteiger charge is 2.45. The lowest BCUT2D eigenvalue weighted by atomic mass is 9.95. The van der Waals surface area contributed by atoms with Gasteiger partial charge in [0.25, 0.3) is 11.7 Å². The number of aliphatic hydroxyl groups excluding tert-OH is 1. The highest BCUT2D eigenvalue weighted by atomic mass is 16.5. The topological polar surface area (TPSA) is 83.0 Å². The van der Waals surface area contributed by atoms with E-state index in [9.17, 15) is 14.7 Å². The van der Waals surface area contributed by atoms with Crippen LogP contribution in [0.2, 0.25) is 0 Å². The molecule has 1 saturated heterocycles. The first-order valence-electron chi connectivity index (χ1n) is 11.5. The highest BCUT2D eigenvalue weighted by molar-refractivity contribution is 6.46. The molecule has 1 aliphatic rings. The Hall–Kier alpha value is -3.97. The summed E-state index contributed by atoms with van der Waals surface area (Å²) in [5.41, 5.74) is 3.12. The van der Waals surface area contributed by atoms with Crippen molar-refractivity contribution in [2.75, 3.05) is 27.2 Å². The average Bonchev–Trinajstić information content (AvgIpc) is 3.12. The van der Waals surface area contributed by atoms with Crippen LogP contribution in [0.3, 0.4) is 0 Å². The van der Waals surface area contributed by atoms with Crippen LogP contribution in [-0.2, 0) is 16.2 Å². The van der Waals surface area contributed by atoms with Crippen LogP contribution in [0.15, 0.2) is 78.6 Å². The summed E-state index contributed by atoms with van der Waals surface area (Å²) in [6.07, 6.45) is 3.23. The number of aromatic nitrogens is 1. The predicted molar refractivity (Wildman–Crippen MR) is 134 cm³/mol. The maximum atomic E-state index is 13.1. The minimum Gasteiger partial charge on any atom is -0.507 e. The number of Topliss-reactive ketones (excluding diaryl/α,β-unsaturated/α-hetero) is 1. The third-order valence-corrected chi connectivity index (χ3v) is 6.04. The van der Waals surface area contributed by atoms with Crippen LogP contribution in [0.1, 0.15) is 28.3 Å². The van der Waals surface area contributed by atoms with Crippen LogP contribution < -0.4 is 4.74 Å². The molecule has 1 fully saturated rings. The lowest BCUT2D eigenvalue weighted by molar-refractivity contribution is -0.140. The van der Waals surface area contributed by atoms with E-state index in [1.54, 1.807) is 42.7 Å². The van der Waals surface area contributed by atoms with Crippen molar-refractivity contribution in [3.63, 3.8) is 0 Å². The minimum atomic E-state index is -0.690. The van der Waals surface area contributed by atoms with Gasteiger partial charge in [-0.15, -0.1) is 0 Å². The van der Waals surface area contributed by atoms with E-state index in [1.807, 2.05) is 56.3 Å². The van der Waals surface area contributed by atoms with Gasteiger partial charge in [-0.1, -0.05) is 30.3 Å². The maximum absolute atomic E-state index is 13.1. The molecule has 1 atom stereocenters. The largest absolute Gasteiger partial charge is 0.507 e. The molecule has 7 nitrogen and oxygen atoms in total. The molecular weight excluding hydrogens is 442 g/mol. The number of benzene rings is 2. The predicted octanol–water partition coefficient (Wildman–Crippen LogP) is 3.95. The quantitative estimate of drug-likeness (QED) is 0.304. The second-order valence-electron chi connectivity index (χ2n) is 8.83. The molecule has 1 N–H and O–H groups in total. The molecule has 2 heterocycles. The number of likely N-dealkylation sites (N-methyl/N-ethyl adjacent to an activating group) is 1. The number of hydrogen-bond acceptors (Lipinski definition) is 6. The Kier molecular flexibility index (Phi) is 7.27. The van der Waals surface area contributed by atoms with Crippen LogP contribution in [0, 0.1) is 6.92 Å². The Morgan fingerprint density at radius 1 is 1.06 bits per heavy atom. The Bertz CT molecular complexity index is 1240. The van der Waals surface area contributed by atoms with Gasteiger partial charge in [-0.05, 0) is 68.0 Å². The SMILES string of the molecule is Cc1cc(C(O)=C2C(=O)C(=O)N(CCN(C)C)[C@H]2c2ccncc2)ccc1OCc1ccccc1. The van der Waals surface area contributed by atoms with Crippen LogP contribution >= 0.6 is 0 Å². The number of nitrogens with zero attached hydrogens (tertiary/aromatic N) is 3. The smallest absolute Gasteiger partial charge is 0.295 e. The number of amides is 1. The summed E-state index contributed by atoms with van der Waals surface area (Å²) in [5, 5.41) is 11.3. The number of rotatable bonds is 8. The van der Waals surface area contributed by atoms with Gasteiger partial charge in [-0.3, -0.25) is 14.6 Å². The molecule has 0 spiro atoms. The molecule has 1 amide bonds. The summed E-state index contributed by atoms with van der Waals surface area (Å²) in [6, 6.07) is 17.9. The lowest BCUT2D eigenvalue weighted by Gasteiger charge is -2.26. The first-order chi connectivity index (χ1) is 16.9. The van der Waals surface area contributed by atoms with Gasteiger partial charge in [-0.2, -0.15) is 0 Å². The van der Waals surface area contributed by atoms with E-state index in [-0.39, 0.29) is 11.3 Å². The normalized spacial score (nSPS) is 17.3. The Morgan fingerprint density at radius 2 is 1.77 bits per heavy atom. The minimum absolute atomic E-state index is 0.0808. The third-order valence-electron chi connectivity index (χ3n) is 6.04. The van der Waals surface area contributed by atoms with E-state index in [0.717, 1.165) is 16.7 Å². The summed E-state index contributed by atoms with van der Waals surface area (Å²) in [4.78, 5) is 33.6. The van der Waals surface area contributed by atoms with Crippen molar-refractivity contribution in [2.24, 2.45) is 0 Å². The molecule has 1 aromatic heterocycles. The molecule has 0 unspecified atom stereocenters. The summed E-state index contributed by atoms with van der Waals surface area (Å²) in [7, 11) is 3.81. The molecule has 0 bridgehead atoms. The molecule has 7 heteroatoms. The zero-order valence-corrected chi connectivity index (χ0v) is 20.1. The molecule has 0 radical (unpaired) electrons. The second kappa shape index (κ2) is 10.5. The highest BCUT2D eigenvalue weighted by Crippen LogP contribution is 2.39. The molecule has 2 aromatic carbocycles. The zero-order chi connectivity index (χ0) is 24.9. The van der Waals surface area contributed by atoms with Crippen molar-refractivity contribution in [3.05, 3.63) is 101 Å². The van der Waals surface area contributed by atoms with Crippen molar-refractivity contribution < 1.29 is 19.4 Å². The third kappa shape index (κ3) is 5.25. The number of hydrogen-bond donors (Lipinski definition) is 1.